The predicted molar refractivity (Wildman–Crippen MR) is 96.5 cm³/mol. The molecule has 0 aliphatic heterocycles. The minimum Gasteiger partial charge on any atom is -0.482 e. The van der Waals surface area contributed by atoms with Crippen molar-refractivity contribution in [2.45, 2.75) is 65.5 Å². The van der Waals surface area contributed by atoms with Crippen LogP contribution in [-0.2, 0) is 14.3 Å². The second-order valence-electron chi connectivity index (χ2n) is 7.07. The molecule has 1 fully saturated rings. The fourth-order valence-corrected chi connectivity index (χ4v) is 3.21. The molecule has 5 nitrogen and oxygen atoms in total. The highest BCUT2D eigenvalue weighted by atomic mass is 16.6. The third kappa shape index (κ3) is 5.76. The summed E-state index contributed by atoms with van der Waals surface area (Å²) in [6.45, 7) is 7.46. The first-order valence-corrected chi connectivity index (χ1v) is 9.06. The molecular weight excluding hydrogens is 318 g/mol. The zero-order valence-corrected chi connectivity index (χ0v) is 15.6. The van der Waals surface area contributed by atoms with Crippen molar-refractivity contribution in [2.75, 3.05) is 6.61 Å². The highest BCUT2D eigenvalue weighted by Crippen LogP contribution is 2.24. The molecule has 0 heterocycles. The van der Waals surface area contributed by atoms with Crippen molar-refractivity contribution >= 4 is 11.9 Å². The lowest BCUT2D eigenvalue weighted by atomic mass is 9.86. The van der Waals surface area contributed by atoms with Crippen LogP contribution in [-0.4, -0.2) is 30.6 Å². The quantitative estimate of drug-likeness (QED) is 0.802. The molecule has 0 saturated heterocycles. The van der Waals surface area contributed by atoms with Gasteiger partial charge in [-0.05, 0) is 51.2 Å². The molecule has 5 heteroatoms. The van der Waals surface area contributed by atoms with Crippen molar-refractivity contribution in [1.29, 1.82) is 0 Å². The number of nitrogens with one attached hydrogen (secondary N) is 1. The van der Waals surface area contributed by atoms with E-state index in [1.165, 1.54) is 6.42 Å². The van der Waals surface area contributed by atoms with E-state index in [-0.39, 0.29) is 18.6 Å². The van der Waals surface area contributed by atoms with Gasteiger partial charge < -0.3 is 14.8 Å². The highest BCUT2D eigenvalue weighted by molar-refractivity contribution is 5.83. The van der Waals surface area contributed by atoms with E-state index >= 15 is 0 Å². The standard InChI is InChI=1S/C20H29NO4/c1-13-9-10-18(15(3)11-13)24-12-19(22)25-16(4)20(23)21-17-8-6-5-7-14(17)2/h9-11,14,16-17H,5-8,12H2,1-4H3,(H,21,23)/t14-,16-,17+/m0/s1. The first-order chi connectivity index (χ1) is 11.9. The SMILES string of the molecule is Cc1ccc(OCC(=O)O[C@@H](C)C(=O)N[C@@H]2CCCC[C@@H]2C)c(C)c1. The Balaban J connectivity index is 1.77. The summed E-state index contributed by atoms with van der Waals surface area (Å²) < 4.78 is 10.7. The van der Waals surface area contributed by atoms with Crippen LogP contribution < -0.4 is 10.1 Å². The van der Waals surface area contributed by atoms with Gasteiger partial charge in [0, 0.05) is 6.04 Å². The van der Waals surface area contributed by atoms with Gasteiger partial charge in [0.2, 0.25) is 0 Å². The van der Waals surface area contributed by atoms with Crippen LogP contribution in [0.3, 0.4) is 0 Å². The van der Waals surface area contributed by atoms with Crippen LogP contribution in [0.15, 0.2) is 18.2 Å². The van der Waals surface area contributed by atoms with Gasteiger partial charge >= 0.3 is 5.97 Å². The lowest BCUT2D eigenvalue weighted by Crippen LogP contribution is -2.46. The fraction of sp³-hybridized carbons (Fsp3) is 0.600. The van der Waals surface area contributed by atoms with Crippen LogP contribution in [0, 0.1) is 19.8 Å². The van der Waals surface area contributed by atoms with Crippen molar-refractivity contribution in [3.63, 3.8) is 0 Å². The molecule has 1 aliphatic rings. The summed E-state index contributed by atoms with van der Waals surface area (Å²) in [5, 5.41) is 3.01. The molecule has 3 atom stereocenters. The van der Waals surface area contributed by atoms with E-state index in [9.17, 15) is 9.59 Å². The summed E-state index contributed by atoms with van der Waals surface area (Å²) in [6, 6.07) is 5.92. The molecule has 0 unspecified atom stereocenters. The van der Waals surface area contributed by atoms with E-state index in [0.717, 1.165) is 30.4 Å². The van der Waals surface area contributed by atoms with Crippen LogP contribution >= 0.6 is 0 Å². The molecule has 0 spiro atoms. The summed E-state index contributed by atoms with van der Waals surface area (Å²) in [5.74, 6) is 0.335. The average Bonchev–Trinajstić information content (AvgIpc) is 2.56. The van der Waals surface area contributed by atoms with E-state index < -0.39 is 12.1 Å². The predicted octanol–water partition coefficient (Wildman–Crippen LogP) is 3.31. The van der Waals surface area contributed by atoms with Crippen molar-refractivity contribution < 1.29 is 19.1 Å². The third-order valence-electron chi connectivity index (χ3n) is 4.79. The molecule has 1 aromatic carbocycles. The van der Waals surface area contributed by atoms with E-state index in [0.29, 0.717) is 11.7 Å². The number of rotatable bonds is 6. The van der Waals surface area contributed by atoms with Gasteiger partial charge in [-0.1, -0.05) is 37.5 Å². The normalized spacial score (nSPS) is 21.3. The van der Waals surface area contributed by atoms with Gasteiger partial charge in [-0.2, -0.15) is 0 Å². The molecule has 138 valence electrons. The Morgan fingerprint density at radius 2 is 1.96 bits per heavy atom. The number of benzene rings is 1. The smallest absolute Gasteiger partial charge is 0.344 e. The molecule has 0 radical (unpaired) electrons. The molecular formula is C20H29NO4. The lowest BCUT2D eigenvalue weighted by Gasteiger charge is -2.30. The van der Waals surface area contributed by atoms with Crippen molar-refractivity contribution in [3.8, 4) is 5.75 Å². The van der Waals surface area contributed by atoms with Crippen LogP contribution in [0.1, 0.15) is 50.7 Å². The minimum absolute atomic E-state index is 0.175. The van der Waals surface area contributed by atoms with Gasteiger partial charge in [0.1, 0.15) is 5.75 Å². The Morgan fingerprint density at radius 1 is 1.24 bits per heavy atom. The number of carbonyl (C=O) groups is 2. The van der Waals surface area contributed by atoms with Gasteiger partial charge in [-0.15, -0.1) is 0 Å². The molecule has 25 heavy (non-hydrogen) atoms. The van der Waals surface area contributed by atoms with Crippen LogP contribution in [0.25, 0.3) is 0 Å². The first-order valence-electron chi connectivity index (χ1n) is 9.06. The topological polar surface area (TPSA) is 64.6 Å². The monoisotopic (exact) mass is 347 g/mol. The number of aryl methyl sites for hydroxylation is 2. The lowest BCUT2D eigenvalue weighted by molar-refractivity contribution is -0.157. The van der Waals surface area contributed by atoms with Crippen molar-refractivity contribution in [1.82, 2.24) is 5.32 Å². The second kappa shape index (κ2) is 8.88. The second-order valence-corrected chi connectivity index (χ2v) is 7.07. The van der Waals surface area contributed by atoms with Crippen LogP contribution in [0.4, 0.5) is 0 Å². The molecule has 1 aliphatic carbocycles. The molecule has 1 aromatic rings. The largest absolute Gasteiger partial charge is 0.482 e. The maximum Gasteiger partial charge on any atom is 0.344 e. The number of amides is 1. The molecule has 1 N–H and O–H groups in total. The van der Waals surface area contributed by atoms with Crippen LogP contribution in [0.2, 0.25) is 0 Å². The van der Waals surface area contributed by atoms with E-state index in [1.807, 2.05) is 32.0 Å². The molecule has 1 amide bonds. The summed E-state index contributed by atoms with van der Waals surface area (Å²) in [6.07, 6.45) is 3.65. The maximum atomic E-state index is 12.2. The first kappa shape index (κ1) is 19.3. The van der Waals surface area contributed by atoms with E-state index in [1.54, 1.807) is 6.92 Å². The number of hydrogen-bond acceptors (Lipinski definition) is 4. The number of esters is 1. The van der Waals surface area contributed by atoms with Gasteiger partial charge in [0.05, 0.1) is 0 Å². The Kier molecular flexibility index (Phi) is 6.85. The van der Waals surface area contributed by atoms with Gasteiger partial charge in [-0.25, -0.2) is 4.79 Å². The molecule has 1 saturated carbocycles. The van der Waals surface area contributed by atoms with E-state index in [4.69, 9.17) is 9.47 Å². The van der Waals surface area contributed by atoms with Crippen molar-refractivity contribution in [2.24, 2.45) is 5.92 Å². The molecule has 0 aromatic heterocycles. The summed E-state index contributed by atoms with van der Waals surface area (Å²) in [4.78, 5) is 24.2. The number of carbonyl (C=O) groups excluding carboxylic acids is 2. The fourth-order valence-electron chi connectivity index (χ4n) is 3.21. The average molecular weight is 347 g/mol. The number of hydrogen-bond donors (Lipinski definition) is 1. The Bertz CT molecular complexity index is 614. The van der Waals surface area contributed by atoms with Gasteiger partial charge in [0.25, 0.3) is 5.91 Å². The summed E-state index contributed by atoms with van der Waals surface area (Å²) in [7, 11) is 0. The number of ether oxygens (including phenoxy) is 2. The summed E-state index contributed by atoms with van der Waals surface area (Å²) in [5.41, 5.74) is 2.10. The van der Waals surface area contributed by atoms with E-state index in [2.05, 4.69) is 12.2 Å². The Hall–Kier alpha value is -2.04. The van der Waals surface area contributed by atoms with Gasteiger partial charge in [0.15, 0.2) is 12.7 Å². The Morgan fingerprint density at radius 3 is 2.64 bits per heavy atom. The van der Waals surface area contributed by atoms with Gasteiger partial charge in [-0.3, -0.25) is 4.79 Å². The molecule has 2 rings (SSSR count). The molecule has 0 bridgehead atoms. The highest BCUT2D eigenvalue weighted by Gasteiger charge is 2.26. The zero-order chi connectivity index (χ0) is 18.4. The maximum absolute atomic E-state index is 12.2. The minimum atomic E-state index is -0.815. The zero-order valence-electron chi connectivity index (χ0n) is 15.6. The summed E-state index contributed by atoms with van der Waals surface area (Å²) >= 11 is 0. The third-order valence-corrected chi connectivity index (χ3v) is 4.79. The van der Waals surface area contributed by atoms with Crippen molar-refractivity contribution in [3.05, 3.63) is 29.3 Å². The Labute approximate surface area is 150 Å². The van der Waals surface area contributed by atoms with Crippen LogP contribution in [0.5, 0.6) is 5.75 Å².